The molecule has 3 aromatic carbocycles. The first-order chi connectivity index (χ1) is 18.5. The van der Waals surface area contributed by atoms with E-state index in [1.165, 1.54) is 28.6 Å². The van der Waals surface area contributed by atoms with E-state index in [2.05, 4.69) is 51.2 Å². The zero-order valence-electron chi connectivity index (χ0n) is 19.8. The second-order valence-corrected chi connectivity index (χ2v) is 9.82. The first-order valence-electron chi connectivity index (χ1n) is 11.7. The van der Waals surface area contributed by atoms with Gasteiger partial charge in [0.25, 0.3) is 11.8 Å². The van der Waals surface area contributed by atoms with Crippen LogP contribution < -0.4 is 10.6 Å². The highest BCUT2D eigenvalue weighted by Gasteiger charge is 2.26. The normalized spacial score (nSPS) is 13.5. The topological polar surface area (TPSA) is 102 Å². The molecule has 0 spiro atoms. The maximum absolute atomic E-state index is 12.2. The number of fused-ring (bicyclic) bond motifs is 1. The second-order valence-electron chi connectivity index (χ2n) is 8.44. The van der Waals surface area contributed by atoms with Crippen LogP contribution in [0.2, 0.25) is 0 Å². The molecule has 0 aliphatic carbocycles. The van der Waals surface area contributed by atoms with Gasteiger partial charge in [0, 0.05) is 12.1 Å². The number of amides is 2. The van der Waals surface area contributed by atoms with Crippen LogP contribution in [0.5, 0.6) is 0 Å². The van der Waals surface area contributed by atoms with Crippen LogP contribution >= 0.6 is 24.0 Å². The number of hydrogen-bond acceptors (Lipinski definition) is 7. The van der Waals surface area contributed by atoms with E-state index >= 15 is 0 Å². The number of furan rings is 1. The molecule has 1 aliphatic rings. The van der Waals surface area contributed by atoms with Crippen molar-refractivity contribution in [2.45, 2.75) is 16.7 Å². The van der Waals surface area contributed by atoms with Crippen molar-refractivity contribution < 1.29 is 14.0 Å². The maximum Gasteiger partial charge on any atom is 0.263 e. The number of carbonyl (C=O) groups is 2. The van der Waals surface area contributed by atoms with Gasteiger partial charge in [0.1, 0.15) is 17.2 Å². The average Bonchev–Trinajstić information content (AvgIpc) is 3.53. The van der Waals surface area contributed by atoms with Crippen LogP contribution in [-0.4, -0.2) is 31.7 Å². The van der Waals surface area contributed by atoms with Crippen molar-refractivity contribution in [3.8, 4) is 5.69 Å². The lowest BCUT2D eigenvalue weighted by Gasteiger charge is -2.15. The first-order valence-corrected chi connectivity index (χ1v) is 12.9. The van der Waals surface area contributed by atoms with E-state index in [0.29, 0.717) is 22.4 Å². The summed E-state index contributed by atoms with van der Waals surface area (Å²) in [6.07, 6.45) is 1.97. The Labute approximate surface area is 226 Å². The number of rotatable bonds is 6. The number of aromatic nitrogens is 3. The molecule has 8 nitrogen and oxygen atoms in total. The molecule has 38 heavy (non-hydrogen) atoms. The van der Waals surface area contributed by atoms with Crippen molar-refractivity contribution in [3.05, 3.63) is 108 Å². The van der Waals surface area contributed by atoms with Gasteiger partial charge in [0.2, 0.25) is 5.16 Å². The van der Waals surface area contributed by atoms with Crippen molar-refractivity contribution >= 4 is 57.8 Å². The molecule has 5 aromatic rings. The molecule has 1 aliphatic heterocycles. The zero-order valence-corrected chi connectivity index (χ0v) is 21.4. The Kier molecular flexibility index (Phi) is 6.32. The van der Waals surface area contributed by atoms with Gasteiger partial charge in [0.05, 0.1) is 0 Å². The summed E-state index contributed by atoms with van der Waals surface area (Å²) in [4.78, 5) is 24.3. The lowest BCUT2D eigenvalue weighted by atomic mass is 10.0. The first kappa shape index (κ1) is 23.8. The van der Waals surface area contributed by atoms with Crippen molar-refractivity contribution in [1.29, 1.82) is 0 Å². The highest BCUT2D eigenvalue weighted by Crippen LogP contribution is 2.32. The van der Waals surface area contributed by atoms with Crippen molar-refractivity contribution in [3.63, 3.8) is 0 Å². The van der Waals surface area contributed by atoms with E-state index in [-0.39, 0.29) is 10.7 Å². The predicted octanol–water partition coefficient (Wildman–Crippen LogP) is 4.67. The number of para-hydroxylation sites is 1. The third kappa shape index (κ3) is 4.74. The molecule has 6 rings (SSSR count). The predicted molar refractivity (Wildman–Crippen MR) is 148 cm³/mol. The van der Waals surface area contributed by atoms with Crippen LogP contribution in [0.3, 0.4) is 0 Å². The minimum Gasteiger partial charge on any atom is -0.450 e. The Morgan fingerprint density at radius 2 is 1.61 bits per heavy atom. The molecule has 0 saturated carbocycles. The van der Waals surface area contributed by atoms with Crippen LogP contribution in [0.4, 0.5) is 0 Å². The molecule has 0 atom stereocenters. The number of benzene rings is 3. The fraction of sp³-hybridized carbons (Fsp3) is 0.0357. The van der Waals surface area contributed by atoms with Gasteiger partial charge in [-0.25, -0.2) is 0 Å². The van der Waals surface area contributed by atoms with E-state index < -0.39 is 11.8 Å². The molecule has 0 unspecified atom stereocenters. The molecule has 10 heteroatoms. The van der Waals surface area contributed by atoms with Crippen LogP contribution in [-0.2, 0) is 16.0 Å². The number of thiocarbonyl (C=S) groups is 1. The molecule has 186 valence electrons. The third-order valence-electron chi connectivity index (χ3n) is 5.97. The minimum absolute atomic E-state index is 0.0209. The minimum atomic E-state index is -0.578. The van der Waals surface area contributed by atoms with Crippen molar-refractivity contribution in [1.82, 2.24) is 25.4 Å². The molecule has 2 aromatic heterocycles. The largest absolute Gasteiger partial charge is 0.450 e. The van der Waals surface area contributed by atoms with Gasteiger partial charge in [-0.3, -0.25) is 24.8 Å². The summed E-state index contributed by atoms with van der Waals surface area (Å²) >= 11 is 6.14. The smallest absolute Gasteiger partial charge is 0.263 e. The van der Waals surface area contributed by atoms with Gasteiger partial charge in [-0.05, 0) is 70.7 Å². The molecule has 0 bridgehead atoms. The zero-order chi connectivity index (χ0) is 26.1. The summed E-state index contributed by atoms with van der Waals surface area (Å²) in [7, 11) is 0. The highest BCUT2D eigenvalue weighted by atomic mass is 32.2. The Morgan fingerprint density at radius 1 is 0.868 bits per heavy atom. The number of nitrogens with zero attached hydrogens (tertiary/aromatic N) is 3. The Balaban J connectivity index is 1.33. The van der Waals surface area contributed by atoms with Gasteiger partial charge in [0.15, 0.2) is 10.2 Å². The second kappa shape index (κ2) is 10.1. The monoisotopic (exact) mass is 537 g/mol. The fourth-order valence-corrected chi connectivity index (χ4v) is 5.26. The number of nitrogens with one attached hydrogen (secondary N) is 2. The lowest BCUT2D eigenvalue weighted by Crippen LogP contribution is -2.51. The van der Waals surface area contributed by atoms with Crippen LogP contribution in [0.15, 0.2) is 105 Å². The van der Waals surface area contributed by atoms with Gasteiger partial charge >= 0.3 is 0 Å². The molecule has 1 fully saturated rings. The Bertz CT molecular complexity index is 1710. The summed E-state index contributed by atoms with van der Waals surface area (Å²) < 4.78 is 7.91. The Morgan fingerprint density at radius 3 is 2.42 bits per heavy atom. The highest BCUT2D eigenvalue weighted by molar-refractivity contribution is 7.99. The van der Waals surface area contributed by atoms with Crippen LogP contribution in [0, 0.1) is 0 Å². The molecule has 3 heterocycles. The Hall–Kier alpha value is -4.54. The van der Waals surface area contributed by atoms with Crippen molar-refractivity contribution in [2.24, 2.45) is 0 Å². The summed E-state index contributed by atoms with van der Waals surface area (Å²) in [5, 5.41) is 17.3. The third-order valence-corrected chi connectivity index (χ3v) is 7.04. The number of hydrogen-bond donors (Lipinski definition) is 2. The quantitative estimate of drug-likeness (QED) is 0.184. The van der Waals surface area contributed by atoms with E-state index in [4.69, 9.17) is 16.6 Å². The van der Waals surface area contributed by atoms with E-state index in [1.807, 2.05) is 47.0 Å². The van der Waals surface area contributed by atoms with Gasteiger partial charge in [-0.2, -0.15) is 0 Å². The molecule has 1 saturated heterocycles. The SMILES string of the molecule is O=C1NC(=S)NC(=O)C1=Cc1ccc(Sc2nnc(Cc3cccc4ccccc34)n2-c2ccccc2)o1. The maximum atomic E-state index is 12.2. The molecular formula is C28H19N5O3S2. The van der Waals surface area contributed by atoms with Crippen LogP contribution in [0.25, 0.3) is 22.5 Å². The molecule has 2 amide bonds. The standard InChI is InChI=1S/C28H19N5O3S2/c34-25-22(26(35)30-27(37)29-25)16-20-13-14-24(36-20)38-28-32-31-23(33(28)19-10-2-1-3-11-19)15-18-9-6-8-17-7-4-5-12-21(17)18/h1-14,16H,15H2,(H2,29,30,34,35,37). The molecular weight excluding hydrogens is 518 g/mol. The van der Waals surface area contributed by atoms with Gasteiger partial charge in [-0.1, -0.05) is 60.7 Å². The molecule has 0 radical (unpaired) electrons. The van der Waals surface area contributed by atoms with Crippen molar-refractivity contribution in [2.75, 3.05) is 0 Å². The lowest BCUT2D eigenvalue weighted by molar-refractivity contribution is -0.123. The molecule has 2 N–H and O–H groups in total. The summed E-state index contributed by atoms with van der Waals surface area (Å²) in [5.74, 6) is -0.0182. The van der Waals surface area contributed by atoms with Gasteiger partial charge < -0.3 is 4.42 Å². The van der Waals surface area contributed by atoms with E-state index in [1.54, 1.807) is 12.1 Å². The summed E-state index contributed by atoms with van der Waals surface area (Å²) in [6, 6.07) is 27.9. The summed E-state index contributed by atoms with van der Waals surface area (Å²) in [6.45, 7) is 0. The average molecular weight is 538 g/mol. The summed E-state index contributed by atoms with van der Waals surface area (Å²) in [5.41, 5.74) is 1.99. The van der Waals surface area contributed by atoms with E-state index in [0.717, 1.165) is 17.1 Å². The fourth-order valence-electron chi connectivity index (χ4n) is 4.24. The van der Waals surface area contributed by atoms with E-state index in [9.17, 15) is 9.59 Å². The van der Waals surface area contributed by atoms with Crippen LogP contribution in [0.1, 0.15) is 17.1 Å². The van der Waals surface area contributed by atoms with Gasteiger partial charge in [-0.15, -0.1) is 10.2 Å². The number of carbonyl (C=O) groups excluding carboxylic acids is 2.